The molecule has 7 atom stereocenters. The van der Waals surface area contributed by atoms with Crippen LogP contribution in [0.4, 0.5) is 0 Å². The van der Waals surface area contributed by atoms with Crippen LogP contribution in [0.3, 0.4) is 0 Å². The number of hydrogen-bond donors (Lipinski definition) is 7. The van der Waals surface area contributed by atoms with Gasteiger partial charge in [0.15, 0.2) is 0 Å². The predicted molar refractivity (Wildman–Crippen MR) is 250 cm³/mol. The van der Waals surface area contributed by atoms with Crippen molar-refractivity contribution in [3.8, 4) is 0 Å². The van der Waals surface area contributed by atoms with Crippen LogP contribution in [0.2, 0.25) is 0 Å². The number of aryl methyl sites for hydroxylation is 2. The number of hydrogen-bond acceptors (Lipinski definition) is 13. The number of carbonyl (C=O) groups excluding carboxylic acids is 7. The molecule has 2 aromatic rings. The van der Waals surface area contributed by atoms with Crippen LogP contribution >= 0.6 is 7.82 Å². The van der Waals surface area contributed by atoms with Crippen LogP contribution in [0.5, 0.6) is 0 Å². The van der Waals surface area contributed by atoms with E-state index < -0.39 is 98.5 Å². The van der Waals surface area contributed by atoms with Gasteiger partial charge in [0.1, 0.15) is 30.2 Å². The van der Waals surface area contributed by atoms with Crippen molar-refractivity contribution in [2.45, 2.75) is 162 Å². The summed E-state index contributed by atoms with van der Waals surface area (Å²) in [7, 11) is -5.02. The van der Waals surface area contributed by atoms with Crippen molar-refractivity contribution >= 4 is 49.2 Å². The van der Waals surface area contributed by atoms with Gasteiger partial charge in [-0.3, -0.25) is 38.1 Å². The smallest absolute Gasteiger partial charge is 0.437 e. The molecule has 0 spiro atoms. The average Bonchev–Trinajstić information content (AvgIpc) is 3.95. The highest BCUT2D eigenvalue weighted by atomic mass is 31.2. The Hall–Kier alpha value is -5.21. The molecule has 1 aromatic carbocycles. The van der Waals surface area contributed by atoms with Gasteiger partial charge in [0.05, 0.1) is 24.5 Å². The van der Waals surface area contributed by atoms with Crippen molar-refractivity contribution in [2.24, 2.45) is 17.1 Å². The van der Waals surface area contributed by atoms with Crippen molar-refractivity contribution in [3.63, 3.8) is 0 Å². The van der Waals surface area contributed by atoms with E-state index in [1.807, 2.05) is 36.6 Å². The highest BCUT2D eigenvalue weighted by Crippen LogP contribution is 2.45. The zero-order chi connectivity index (χ0) is 50.6. The molecular weight excluding hydrogens is 904 g/mol. The maximum Gasteiger partial charge on any atom is 0.475 e. The van der Waals surface area contributed by atoms with Crippen LogP contribution in [0.1, 0.15) is 118 Å². The first kappa shape index (κ1) is 57.1. The molecule has 68 heavy (non-hydrogen) atoms. The van der Waals surface area contributed by atoms with Gasteiger partial charge in [-0.15, -0.1) is 0 Å². The SMILES string of the molecule is CC(=O)N1CCC[C@H]1C(=O)N[C@@H](CC(C)C)C(=O)N[C@@H](Cc1cncn1CCCCCCCCc1ccccc1)C(=O)N[C@@H](CO)C(=O)N[C@H](C(N)=O)[C@@H](C)OP(=O)(O)OCOC(=O)C(C)(C)C. The maximum atomic E-state index is 14.2. The number of nitrogens with zero attached hydrogens (tertiary/aromatic N) is 3. The van der Waals surface area contributed by atoms with Gasteiger partial charge in [-0.05, 0) is 77.7 Å². The van der Waals surface area contributed by atoms with Gasteiger partial charge in [-0.1, -0.05) is 69.9 Å². The molecule has 0 aliphatic carbocycles. The number of imidazole rings is 1. The third-order valence-corrected chi connectivity index (χ3v) is 12.3. The van der Waals surface area contributed by atoms with E-state index >= 15 is 0 Å². The van der Waals surface area contributed by atoms with Crippen molar-refractivity contribution in [3.05, 3.63) is 54.1 Å². The number of carbonyl (C=O) groups is 7. The molecule has 0 bridgehead atoms. The fraction of sp³-hybridized carbons (Fsp3) is 0.652. The number of unbranched alkanes of at least 4 members (excludes halogenated alkanes) is 5. The number of benzene rings is 1. The number of ether oxygens (including phenoxy) is 1. The second-order valence-electron chi connectivity index (χ2n) is 18.6. The lowest BCUT2D eigenvalue weighted by atomic mass is 9.98. The average molecular weight is 977 g/mol. The molecule has 1 fully saturated rings. The van der Waals surface area contributed by atoms with Gasteiger partial charge in [0.2, 0.25) is 42.2 Å². The Labute approximate surface area is 399 Å². The van der Waals surface area contributed by atoms with Gasteiger partial charge >= 0.3 is 13.8 Å². The van der Waals surface area contributed by atoms with Gasteiger partial charge in [0, 0.05) is 38.3 Å². The molecule has 21 nitrogen and oxygen atoms in total. The minimum absolute atomic E-state index is 0.0968. The number of amides is 6. The van der Waals surface area contributed by atoms with Crippen molar-refractivity contribution in [1.29, 1.82) is 0 Å². The number of aliphatic hydroxyl groups excluding tert-OH is 1. The number of likely N-dealkylation sites (tertiary alicyclic amines) is 1. The van der Waals surface area contributed by atoms with Gasteiger partial charge < -0.3 is 51.2 Å². The molecule has 1 unspecified atom stereocenters. The Morgan fingerprint density at radius 1 is 0.882 bits per heavy atom. The molecule has 22 heteroatoms. The van der Waals surface area contributed by atoms with Gasteiger partial charge in [-0.2, -0.15) is 0 Å². The van der Waals surface area contributed by atoms with E-state index in [4.69, 9.17) is 19.5 Å². The van der Waals surface area contributed by atoms with Crippen LogP contribution < -0.4 is 27.0 Å². The molecule has 0 saturated carbocycles. The summed E-state index contributed by atoms with van der Waals surface area (Å²) in [6.07, 6.45) is 9.71. The second-order valence-corrected chi connectivity index (χ2v) is 20.0. The fourth-order valence-corrected chi connectivity index (χ4v) is 8.35. The largest absolute Gasteiger partial charge is 0.475 e. The lowest BCUT2D eigenvalue weighted by Gasteiger charge is -2.28. The zero-order valence-electron chi connectivity index (χ0n) is 40.4. The lowest BCUT2D eigenvalue weighted by molar-refractivity contribution is -0.160. The molecule has 1 aromatic heterocycles. The Bertz CT molecular complexity index is 2030. The van der Waals surface area contributed by atoms with E-state index in [1.165, 1.54) is 17.4 Å². The van der Waals surface area contributed by atoms with Crippen LogP contribution in [0, 0.1) is 11.3 Å². The summed E-state index contributed by atoms with van der Waals surface area (Å²) < 4.78 is 29.0. The summed E-state index contributed by atoms with van der Waals surface area (Å²) in [6, 6.07) is 3.47. The normalized spacial score (nSPS) is 17.0. The number of rotatable bonds is 29. The summed E-state index contributed by atoms with van der Waals surface area (Å²) >= 11 is 0. The predicted octanol–water partition coefficient (Wildman–Crippen LogP) is 2.55. The monoisotopic (exact) mass is 977 g/mol. The maximum absolute atomic E-state index is 14.2. The van der Waals surface area contributed by atoms with E-state index in [-0.39, 0.29) is 24.7 Å². The van der Waals surface area contributed by atoms with Crippen LogP contribution in [0.25, 0.3) is 0 Å². The highest BCUT2D eigenvalue weighted by molar-refractivity contribution is 7.47. The Balaban J connectivity index is 1.76. The molecule has 3 rings (SSSR count). The van der Waals surface area contributed by atoms with Crippen molar-refractivity contribution < 1.29 is 61.9 Å². The molecule has 1 saturated heterocycles. The number of phosphoric ester groups is 1. The van der Waals surface area contributed by atoms with E-state index in [1.54, 1.807) is 33.3 Å². The lowest BCUT2D eigenvalue weighted by Crippen LogP contribution is -2.61. The summed E-state index contributed by atoms with van der Waals surface area (Å²) in [5.74, 6) is -5.65. The number of phosphoric acid groups is 1. The Kier molecular flexibility index (Phi) is 23.3. The fourth-order valence-electron chi connectivity index (χ4n) is 7.56. The first-order valence-corrected chi connectivity index (χ1v) is 24.8. The van der Waals surface area contributed by atoms with Crippen LogP contribution in [0.15, 0.2) is 42.9 Å². The number of nitrogens with one attached hydrogen (secondary N) is 4. The molecule has 1 aliphatic heterocycles. The third-order valence-electron chi connectivity index (χ3n) is 11.3. The zero-order valence-corrected chi connectivity index (χ0v) is 41.3. The van der Waals surface area contributed by atoms with Gasteiger partial charge in [0.25, 0.3) is 0 Å². The topological polar surface area (TPSA) is 300 Å². The molecule has 1 aliphatic rings. The molecule has 380 valence electrons. The molecule has 6 amide bonds. The highest BCUT2D eigenvalue weighted by Gasteiger charge is 2.38. The standard InChI is InChI=1S/C46H73N8O13P/c1-30(2)24-35(50-44(61)38-21-17-23-54(38)32(4)56)41(58)49-36(25-34-26-48-28-53(34)22-16-11-9-8-10-13-18-33-19-14-12-15-20-33)42(59)51-37(27-55)43(60)52-39(40(47)57)31(3)67-68(63,64)66-29-65-45(62)46(5,6)7/h12,14-15,19-20,26,28,30-31,35-39,55H,8-11,13,16-18,21-25,27,29H2,1-7H3,(H2,47,57)(H,49,58)(H,50,61)(H,51,59)(H,52,60)(H,63,64)/t31-,35+,36+,37+,38+,39+/m1/s1. The molecule has 0 radical (unpaired) electrons. The van der Waals surface area contributed by atoms with Gasteiger partial charge in [-0.25, -0.2) is 14.1 Å². The summed E-state index contributed by atoms with van der Waals surface area (Å²) in [5, 5.41) is 20.5. The summed E-state index contributed by atoms with van der Waals surface area (Å²) in [6.45, 7) is 9.82. The first-order valence-electron chi connectivity index (χ1n) is 23.3. The second kappa shape index (κ2) is 27.7. The summed E-state index contributed by atoms with van der Waals surface area (Å²) in [4.78, 5) is 108. The number of aromatic nitrogens is 2. The number of esters is 1. The minimum atomic E-state index is -5.02. The van der Waals surface area contributed by atoms with Crippen LogP contribution in [-0.4, -0.2) is 122 Å². The third kappa shape index (κ3) is 19.4. The van der Waals surface area contributed by atoms with Crippen molar-refractivity contribution in [1.82, 2.24) is 35.7 Å². The van der Waals surface area contributed by atoms with E-state index in [0.717, 1.165) is 51.9 Å². The van der Waals surface area contributed by atoms with E-state index in [2.05, 4.69) is 38.4 Å². The van der Waals surface area contributed by atoms with E-state index in [0.29, 0.717) is 31.6 Å². The van der Waals surface area contributed by atoms with Crippen molar-refractivity contribution in [2.75, 3.05) is 19.9 Å². The molecule has 2 heterocycles. The van der Waals surface area contributed by atoms with Crippen LogP contribution in [-0.2, 0) is 71.3 Å². The minimum Gasteiger partial charge on any atom is -0.437 e. The summed E-state index contributed by atoms with van der Waals surface area (Å²) in [5.41, 5.74) is 6.44. The number of primary amides is 1. The molecule has 8 N–H and O–H groups in total. The van der Waals surface area contributed by atoms with E-state index in [9.17, 15) is 48.1 Å². The Morgan fingerprint density at radius 3 is 2.12 bits per heavy atom. The number of nitrogens with two attached hydrogens (primary N) is 1. The first-order chi connectivity index (χ1) is 32.0. The quantitative estimate of drug-likeness (QED) is 0.0267. The Morgan fingerprint density at radius 2 is 1.50 bits per heavy atom. The number of aliphatic hydroxyl groups is 1. The molecular formula is C46H73N8O13P.